The van der Waals surface area contributed by atoms with E-state index in [0.717, 1.165) is 0 Å². The van der Waals surface area contributed by atoms with Crippen molar-refractivity contribution in [2.75, 3.05) is 19.8 Å². The van der Waals surface area contributed by atoms with Crippen LogP contribution in [-0.2, 0) is 19.0 Å². The van der Waals surface area contributed by atoms with E-state index in [9.17, 15) is 4.79 Å². The zero-order valence-electron chi connectivity index (χ0n) is 11.5. The van der Waals surface area contributed by atoms with Crippen LogP contribution in [0.4, 0.5) is 0 Å². The van der Waals surface area contributed by atoms with Gasteiger partial charge in [-0.1, -0.05) is 13.8 Å². The van der Waals surface area contributed by atoms with E-state index in [2.05, 4.69) is 13.8 Å². The van der Waals surface area contributed by atoms with Gasteiger partial charge in [0.1, 0.15) is 0 Å². The van der Waals surface area contributed by atoms with Crippen LogP contribution in [0.2, 0.25) is 0 Å². The van der Waals surface area contributed by atoms with Crippen molar-refractivity contribution in [3.63, 3.8) is 0 Å². The van der Waals surface area contributed by atoms with Crippen LogP contribution in [0, 0.1) is 17.3 Å². The summed E-state index contributed by atoms with van der Waals surface area (Å²) in [5.41, 5.74) is -0.0960. The normalized spacial score (nSPS) is 26.0. The van der Waals surface area contributed by atoms with Crippen molar-refractivity contribution in [2.45, 2.75) is 40.9 Å². The number of carbonyl (C=O) groups is 1. The summed E-state index contributed by atoms with van der Waals surface area (Å²) in [5, 5.41) is 0. The van der Waals surface area contributed by atoms with Crippen LogP contribution in [0.25, 0.3) is 0 Å². The van der Waals surface area contributed by atoms with Gasteiger partial charge < -0.3 is 14.2 Å². The zero-order valence-corrected chi connectivity index (χ0v) is 11.5. The van der Waals surface area contributed by atoms with Crippen LogP contribution in [0.1, 0.15) is 34.6 Å². The van der Waals surface area contributed by atoms with Crippen molar-refractivity contribution in [3.8, 4) is 0 Å². The van der Waals surface area contributed by atoms with Gasteiger partial charge in [-0.25, -0.2) is 0 Å². The van der Waals surface area contributed by atoms with Gasteiger partial charge in [0, 0.05) is 19.1 Å². The fraction of sp³-hybridized carbons (Fsp3) is 0.923. The van der Waals surface area contributed by atoms with Gasteiger partial charge in [-0.3, -0.25) is 4.79 Å². The lowest BCUT2D eigenvalue weighted by molar-refractivity contribution is -0.161. The Bertz CT molecular complexity index is 256. The Morgan fingerprint density at radius 1 is 1.12 bits per heavy atom. The lowest BCUT2D eigenvalue weighted by atomic mass is 10.1. The summed E-state index contributed by atoms with van der Waals surface area (Å²) in [6, 6.07) is 0. The number of hydrogen-bond acceptors (Lipinski definition) is 4. The molecule has 0 amide bonds. The van der Waals surface area contributed by atoms with Gasteiger partial charge in [-0.2, -0.15) is 0 Å². The van der Waals surface area contributed by atoms with Crippen LogP contribution in [0.15, 0.2) is 0 Å². The minimum absolute atomic E-state index is 0.0960. The minimum Gasteiger partial charge on any atom is -0.466 e. The highest BCUT2D eigenvalue weighted by atomic mass is 16.7. The lowest BCUT2D eigenvalue weighted by Crippen LogP contribution is -2.23. The molecule has 0 aromatic rings. The Balaban J connectivity index is 2.66. The van der Waals surface area contributed by atoms with Crippen molar-refractivity contribution >= 4 is 5.97 Å². The summed E-state index contributed by atoms with van der Waals surface area (Å²) in [5.74, 6) is -0.140. The molecule has 17 heavy (non-hydrogen) atoms. The first-order valence-corrected chi connectivity index (χ1v) is 6.40. The van der Waals surface area contributed by atoms with Crippen LogP contribution >= 0.6 is 0 Å². The van der Waals surface area contributed by atoms with Gasteiger partial charge in [-0.15, -0.1) is 0 Å². The van der Waals surface area contributed by atoms with Crippen LogP contribution in [0.3, 0.4) is 0 Å². The second kappa shape index (κ2) is 5.83. The molecule has 0 aromatic carbocycles. The SMILES string of the molecule is CCOC(=O)C1C(C(OCC)OCC)C1(C)C. The summed E-state index contributed by atoms with van der Waals surface area (Å²) in [7, 11) is 0. The molecule has 0 bridgehead atoms. The van der Waals surface area contributed by atoms with E-state index >= 15 is 0 Å². The highest BCUT2D eigenvalue weighted by Gasteiger charge is 2.66. The van der Waals surface area contributed by atoms with Gasteiger partial charge in [0.15, 0.2) is 6.29 Å². The number of ether oxygens (including phenoxy) is 3. The van der Waals surface area contributed by atoms with Crippen molar-refractivity contribution < 1.29 is 19.0 Å². The number of hydrogen-bond donors (Lipinski definition) is 0. The largest absolute Gasteiger partial charge is 0.466 e. The molecule has 1 aliphatic carbocycles. The molecule has 0 spiro atoms. The van der Waals surface area contributed by atoms with E-state index in [-0.39, 0.29) is 29.5 Å². The van der Waals surface area contributed by atoms with E-state index in [1.54, 1.807) is 0 Å². The number of carbonyl (C=O) groups excluding carboxylic acids is 1. The van der Waals surface area contributed by atoms with Gasteiger partial charge in [0.05, 0.1) is 12.5 Å². The first-order valence-electron chi connectivity index (χ1n) is 6.40. The minimum atomic E-state index is -0.297. The fourth-order valence-corrected chi connectivity index (χ4v) is 2.45. The van der Waals surface area contributed by atoms with Crippen molar-refractivity contribution in [3.05, 3.63) is 0 Å². The fourth-order valence-electron chi connectivity index (χ4n) is 2.45. The Morgan fingerprint density at radius 2 is 1.65 bits per heavy atom. The topological polar surface area (TPSA) is 44.8 Å². The zero-order chi connectivity index (χ0) is 13.1. The Morgan fingerprint density at radius 3 is 2.06 bits per heavy atom. The third kappa shape index (κ3) is 2.99. The highest BCUT2D eigenvalue weighted by Crippen LogP contribution is 2.61. The van der Waals surface area contributed by atoms with E-state index < -0.39 is 0 Å². The van der Waals surface area contributed by atoms with Crippen LogP contribution in [0.5, 0.6) is 0 Å². The predicted molar refractivity (Wildman–Crippen MR) is 64.4 cm³/mol. The van der Waals surface area contributed by atoms with Gasteiger partial charge in [0.2, 0.25) is 0 Å². The second-order valence-corrected chi connectivity index (χ2v) is 4.86. The predicted octanol–water partition coefficient (Wildman–Crippen LogP) is 2.22. The van der Waals surface area contributed by atoms with Crippen LogP contribution in [-0.4, -0.2) is 32.1 Å². The third-order valence-corrected chi connectivity index (χ3v) is 3.41. The summed E-state index contributed by atoms with van der Waals surface area (Å²) in [6.45, 7) is 11.4. The van der Waals surface area contributed by atoms with Gasteiger partial charge in [-0.05, 0) is 26.2 Å². The highest BCUT2D eigenvalue weighted by molar-refractivity contribution is 5.77. The molecule has 1 aliphatic rings. The maximum absolute atomic E-state index is 11.8. The second-order valence-electron chi connectivity index (χ2n) is 4.86. The maximum Gasteiger partial charge on any atom is 0.309 e. The van der Waals surface area contributed by atoms with Crippen LogP contribution < -0.4 is 0 Å². The summed E-state index contributed by atoms with van der Waals surface area (Å²) in [6.07, 6.45) is -0.297. The first kappa shape index (κ1) is 14.5. The Labute approximate surface area is 104 Å². The van der Waals surface area contributed by atoms with Crippen molar-refractivity contribution in [2.24, 2.45) is 17.3 Å². The molecule has 4 nitrogen and oxygen atoms in total. The monoisotopic (exact) mass is 244 g/mol. The Hall–Kier alpha value is -0.610. The molecule has 2 unspecified atom stereocenters. The molecule has 2 atom stereocenters. The first-order chi connectivity index (χ1) is 8.00. The summed E-state index contributed by atoms with van der Waals surface area (Å²) >= 11 is 0. The molecule has 100 valence electrons. The summed E-state index contributed by atoms with van der Waals surface area (Å²) < 4.78 is 16.2. The van der Waals surface area contributed by atoms with E-state index in [0.29, 0.717) is 19.8 Å². The molecule has 0 N–H and O–H groups in total. The molecule has 0 aromatic heterocycles. The maximum atomic E-state index is 11.8. The van der Waals surface area contributed by atoms with Gasteiger partial charge >= 0.3 is 5.97 Å². The standard InChI is InChI=1S/C13H24O4/c1-6-15-11(14)9-10(13(9,4)5)12(16-7-2)17-8-3/h9-10,12H,6-8H2,1-5H3. The Kier molecular flexibility index (Phi) is 4.95. The summed E-state index contributed by atoms with van der Waals surface area (Å²) in [4.78, 5) is 11.8. The average molecular weight is 244 g/mol. The number of rotatable bonds is 7. The molecule has 1 saturated carbocycles. The molecule has 0 heterocycles. The molecule has 4 heteroatoms. The van der Waals surface area contributed by atoms with E-state index in [4.69, 9.17) is 14.2 Å². The van der Waals surface area contributed by atoms with Crippen molar-refractivity contribution in [1.82, 2.24) is 0 Å². The molecule has 0 radical (unpaired) electrons. The average Bonchev–Trinajstić information content (AvgIpc) is 2.81. The quantitative estimate of drug-likeness (QED) is 0.509. The molecule has 0 aliphatic heterocycles. The van der Waals surface area contributed by atoms with Gasteiger partial charge in [0.25, 0.3) is 0 Å². The van der Waals surface area contributed by atoms with E-state index in [1.807, 2.05) is 20.8 Å². The molecule has 1 rings (SSSR count). The molecule has 1 fully saturated rings. The molecule has 0 saturated heterocycles. The van der Waals surface area contributed by atoms with Crippen molar-refractivity contribution in [1.29, 1.82) is 0 Å². The molecular formula is C13H24O4. The third-order valence-electron chi connectivity index (χ3n) is 3.41. The number of esters is 1. The van der Waals surface area contributed by atoms with E-state index in [1.165, 1.54) is 0 Å². The molecular weight excluding hydrogens is 220 g/mol. The smallest absolute Gasteiger partial charge is 0.309 e. The lowest BCUT2D eigenvalue weighted by Gasteiger charge is -2.18.